The Kier molecular flexibility index (Phi) is 8.22. The number of hydrogen-bond acceptors (Lipinski definition) is 7. The molecule has 0 aliphatic carbocycles. The molecule has 3 saturated heterocycles. The summed E-state index contributed by atoms with van der Waals surface area (Å²) in [6.07, 6.45) is 4.53. The molecule has 3 N–H and O–H groups in total. The van der Waals surface area contributed by atoms with E-state index in [1.807, 2.05) is 48.2 Å². The Morgan fingerprint density at radius 3 is 2.46 bits per heavy atom. The normalized spacial score (nSPS) is 21.0. The highest BCUT2D eigenvalue weighted by Gasteiger charge is 2.46. The number of para-hydroxylation sites is 1. The molecule has 1 aromatic heterocycles. The van der Waals surface area contributed by atoms with E-state index in [4.69, 9.17) is 9.47 Å². The third kappa shape index (κ3) is 5.97. The average Bonchev–Trinajstić information content (AvgIpc) is 3.45. The number of hydrogen-bond donors (Lipinski definition) is 3. The number of nitrogens with one attached hydrogen (secondary N) is 3. The number of piperidine rings is 3. The van der Waals surface area contributed by atoms with E-state index in [9.17, 15) is 19.2 Å². The highest BCUT2D eigenvalue weighted by molar-refractivity contribution is 5.89. The van der Waals surface area contributed by atoms with Crippen LogP contribution in [0.1, 0.15) is 61.6 Å². The zero-order valence-electron chi connectivity index (χ0n) is 26.3. The van der Waals surface area contributed by atoms with Crippen molar-refractivity contribution in [2.75, 3.05) is 44.6 Å². The van der Waals surface area contributed by atoms with E-state index in [1.165, 1.54) is 19.3 Å². The quantitative estimate of drug-likeness (QED) is 0.383. The highest BCUT2D eigenvalue weighted by atomic mass is 16.6. The van der Waals surface area contributed by atoms with Crippen LogP contribution in [0.3, 0.4) is 0 Å². The number of H-pyrrole nitrogens is 2. The van der Waals surface area contributed by atoms with Crippen LogP contribution in [-0.4, -0.2) is 94.2 Å². The molecule has 46 heavy (non-hydrogen) atoms. The van der Waals surface area contributed by atoms with Crippen molar-refractivity contribution < 1.29 is 23.9 Å². The minimum Gasteiger partial charge on any atom is -0.438 e. The summed E-state index contributed by atoms with van der Waals surface area (Å²) in [6, 6.07) is 11.8. The Hall–Kier alpha value is -4.32. The van der Waals surface area contributed by atoms with Gasteiger partial charge in [-0.2, -0.15) is 0 Å². The lowest BCUT2D eigenvalue weighted by Crippen LogP contribution is -2.53. The number of aromatic amines is 2. The van der Waals surface area contributed by atoms with Gasteiger partial charge in [0.2, 0.25) is 0 Å². The topological polar surface area (TPSA) is 140 Å². The number of imidazole rings is 1. The summed E-state index contributed by atoms with van der Waals surface area (Å²) < 4.78 is 11.9. The van der Waals surface area contributed by atoms with Crippen molar-refractivity contribution >= 4 is 34.8 Å². The molecule has 4 aliphatic heterocycles. The molecule has 5 heterocycles. The summed E-state index contributed by atoms with van der Waals surface area (Å²) in [5.74, 6) is -0.194. The van der Waals surface area contributed by atoms with Gasteiger partial charge in [0.15, 0.2) is 6.10 Å². The number of likely N-dealkylation sites (tertiary alicyclic amines) is 3. The maximum Gasteiger partial charge on any atom is 0.412 e. The van der Waals surface area contributed by atoms with E-state index in [2.05, 4.69) is 20.2 Å². The molecule has 1 spiro atoms. The molecule has 12 heteroatoms. The van der Waals surface area contributed by atoms with Gasteiger partial charge >= 0.3 is 17.9 Å². The van der Waals surface area contributed by atoms with Gasteiger partial charge in [-0.25, -0.2) is 14.4 Å². The van der Waals surface area contributed by atoms with E-state index in [0.717, 1.165) is 53.8 Å². The van der Waals surface area contributed by atoms with Crippen LogP contribution in [-0.2, 0) is 26.3 Å². The monoisotopic (exact) mass is 630 g/mol. The molecule has 7 rings (SSSR count). The van der Waals surface area contributed by atoms with Crippen molar-refractivity contribution in [3.8, 4) is 0 Å². The molecule has 3 fully saturated rings. The molecule has 0 radical (unpaired) electrons. The number of carbonyl (C=O) groups excluding carboxylic acids is 3. The summed E-state index contributed by atoms with van der Waals surface area (Å²) in [7, 11) is 0. The maximum absolute atomic E-state index is 14.1. The van der Waals surface area contributed by atoms with Crippen LogP contribution in [0.4, 0.5) is 15.3 Å². The van der Waals surface area contributed by atoms with Crippen molar-refractivity contribution in [2.24, 2.45) is 0 Å². The number of fused-ring (bicyclic) bond motifs is 3. The second kappa shape index (κ2) is 12.5. The summed E-state index contributed by atoms with van der Waals surface area (Å²) in [5, 5.41) is 2.76. The number of rotatable bonds is 5. The fourth-order valence-corrected chi connectivity index (χ4v) is 7.82. The number of aromatic nitrogens is 2. The molecule has 12 nitrogen and oxygen atoms in total. The van der Waals surface area contributed by atoms with Crippen molar-refractivity contribution in [3.63, 3.8) is 0 Å². The summed E-state index contributed by atoms with van der Waals surface area (Å²) in [4.78, 5) is 63.7. The minimum absolute atomic E-state index is 0.190. The molecule has 4 aliphatic rings. The first-order valence-corrected chi connectivity index (χ1v) is 16.6. The third-order valence-corrected chi connectivity index (χ3v) is 10.3. The van der Waals surface area contributed by atoms with Crippen molar-refractivity contribution in [2.45, 2.75) is 76.0 Å². The minimum atomic E-state index is -1.02. The second-order valence-electron chi connectivity index (χ2n) is 13.2. The lowest BCUT2D eigenvalue weighted by atomic mass is 9.82. The molecule has 1 unspecified atom stereocenters. The van der Waals surface area contributed by atoms with Crippen LogP contribution in [0.15, 0.2) is 41.2 Å². The van der Waals surface area contributed by atoms with Crippen molar-refractivity contribution in [1.82, 2.24) is 24.7 Å². The zero-order chi connectivity index (χ0) is 31.8. The first kappa shape index (κ1) is 30.3. The van der Waals surface area contributed by atoms with Gasteiger partial charge in [0.1, 0.15) is 5.60 Å². The molecule has 3 aromatic rings. The largest absolute Gasteiger partial charge is 0.438 e. The van der Waals surface area contributed by atoms with E-state index in [-0.39, 0.29) is 18.0 Å². The molecular weight excluding hydrogens is 588 g/mol. The number of nitrogens with zero attached hydrogens (tertiary/aromatic N) is 3. The average molecular weight is 631 g/mol. The van der Waals surface area contributed by atoms with Gasteiger partial charge in [-0.15, -0.1) is 0 Å². The Morgan fingerprint density at radius 1 is 0.957 bits per heavy atom. The lowest BCUT2D eigenvalue weighted by molar-refractivity contribution is -0.142. The number of amides is 3. The van der Waals surface area contributed by atoms with Gasteiger partial charge in [0.05, 0.1) is 16.7 Å². The predicted molar refractivity (Wildman–Crippen MR) is 172 cm³/mol. The Balaban J connectivity index is 1.06. The molecule has 3 amide bonds. The Bertz CT molecular complexity index is 1680. The van der Waals surface area contributed by atoms with Gasteiger partial charge in [-0.3, -0.25) is 10.1 Å². The fraction of sp³-hybridized carbons (Fsp3) is 0.529. The van der Waals surface area contributed by atoms with Gasteiger partial charge in [0.25, 0.3) is 5.91 Å². The van der Waals surface area contributed by atoms with Crippen molar-refractivity contribution in [1.29, 1.82) is 0 Å². The third-order valence-electron chi connectivity index (χ3n) is 10.3. The van der Waals surface area contributed by atoms with Gasteiger partial charge in [-0.1, -0.05) is 30.7 Å². The molecule has 0 bridgehead atoms. The van der Waals surface area contributed by atoms with Gasteiger partial charge in [0, 0.05) is 57.0 Å². The number of aryl methyl sites for hydroxylation is 1. The van der Waals surface area contributed by atoms with Crippen molar-refractivity contribution in [3.05, 3.63) is 63.6 Å². The molecule has 1 atom stereocenters. The summed E-state index contributed by atoms with van der Waals surface area (Å²) in [6.45, 7) is 6.04. The van der Waals surface area contributed by atoms with Crippen LogP contribution in [0, 0.1) is 6.92 Å². The molecule has 2 aromatic carbocycles. The first-order chi connectivity index (χ1) is 22.3. The lowest BCUT2D eigenvalue weighted by Gasteiger charge is -2.44. The van der Waals surface area contributed by atoms with Crippen LogP contribution < -0.4 is 11.0 Å². The fourth-order valence-electron chi connectivity index (χ4n) is 7.82. The summed E-state index contributed by atoms with van der Waals surface area (Å²) in [5.41, 5.74) is 3.54. The van der Waals surface area contributed by atoms with E-state index in [0.29, 0.717) is 50.6 Å². The Labute approximate surface area is 267 Å². The summed E-state index contributed by atoms with van der Waals surface area (Å²) >= 11 is 0. The highest BCUT2D eigenvalue weighted by Crippen LogP contribution is 2.43. The first-order valence-electron chi connectivity index (χ1n) is 16.6. The number of anilines is 1. The van der Waals surface area contributed by atoms with Crippen LogP contribution in [0.5, 0.6) is 0 Å². The van der Waals surface area contributed by atoms with E-state index < -0.39 is 23.9 Å². The molecular formula is C34H42N6O6. The van der Waals surface area contributed by atoms with Crippen LogP contribution in [0.2, 0.25) is 0 Å². The Morgan fingerprint density at radius 2 is 1.70 bits per heavy atom. The second-order valence-corrected chi connectivity index (χ2v) is 13.2. The van der Waals surface area contributed by atoms with E-state index in [1.54, 1.807) is 4.90 Å². The smallest absolute Gasteiger partial charge is 0.412 e. The molecule has 0 saturated carbocycles. The number of ether oxygens (including phenoxy) is 2. The number of carbonyl (C=O) groups is 3. The maximum atomic E-state index is 14.1. The van der Waals surface area contributed by atoms with E-state index >= 15 is 0 Å². The van der Waals surface area contributed by atoms with Gasteiger partial charge < -0.3 is 34.1 Å². The van der Waals surface area contributed by atoms with Crippen LogP contribution >= 0.6 is 0 Å². The standard InChI is InChI=1S/C34H42N6O6/c1-22-19-23(20-27-29(22)37-31(42)35-27)21-28(30(41)39-15-9-24(10-16-39)38-13-5-2-6-14-38)45-33(44)40-17-11-34(12-18-40)25-7-3-4-8-26(25)36-32(43)46-34/h3-4,7-8,19-20,24,28H,2,5-6,9-18,21H2,1H3,(H,36,43)(H2,35,37,42). The zero-order valence-corrected chi connectivity index (χ0v) is 26.3. The SMILES string of the molecule is Cc1cc(CC(OC(=O)N2CCC3(CC2)OC(=O)Nc2ccccc23)C(=O)N2CCC(N3CCCCC3)CC2)cc2[nH]c(=O)[nH]c12. The molecule has 244 valence electrons. The predicted octanol–water partition coefficient (Wildman–Crippen LogP) is 4.24. The van der Waals surface area contributed by atoms with Gasteiger partial charge in [-0.05, 0) is 69.0 Å². The number of benzene rings is 2. The van der Waals surface area contributed by atoms with Crippen LogP contribution in [0.25, 0.3) is 11.0 Å².